The van der Waals surface area contributed by atoms with Crippen LogP contribution in [0, 0.1) is 28.6 Å². The zero-order valence-electron chi connectivity index (χ0n) is 19.6. The first-order valence-corrected chi connectivity index (χ1v) is 12.5. The van der Waals surface area contributed by atoms with Crippen molar-refractivity contribution in [3.05, 3.63) is 46.0 Å². The lowest BCUT2D eigenvalue weighted by Gasteiger charge is -2.59. The van der Waals surface area contributed by atoms with Gasteiger partial charge in [-0.05, 0) is 104 Å². The molecule has 5 rings (SSSR count). The predicted octanol–water partition coefficient (Wildman–Crippen LogP) is 4.95. The van der Waals surface area contributed by atoms with E-state index >= 15 is 0 Å². The molecule has 2 N–H and O–H groups in total. The first-order valence-electron chi connectivity index (χ1n) is 12.5. The van der Waals surface area contributed by atoms with Crippen LogP contribution in [0.3, 0.4) is 0 Å². The maximum atomic E-state index is 12.0. The lowest BCUT2D eigenvalue weighted by Crippen LogP contribution is -2.52. The van der Waals surface area contributed by atoms with E-state index in [1.807, 2.05) is 6.07 Å². The fourth-order valence-corrected chi connectivity index (χ4v) is 8.00. The second kappa shape index (κ2) is 7.86. The number of hydrogen-bond acceptors (Lipinski definition) is 5. The third kappa shape index (κ3) is 3.39. The van der Waals surface area contributed by atoms with Crippen LogP contribution in [0.15, 0.2) is 39.3 Å². The highest BCUT2D eigenvalue weighted by Gasteiger charge is 2.58. The lowest BCUT2D eigenvalue weighted by molar-refractivity contribution is -0.158. The quantitative estimate of drug-likeness (QED) is 0.532. The predicted molar refractivity (Wildman–Crippen MR) is 123 cm³/mol. The van der Waals surface area contributed by atoms with Gasteiger partial charge in [0.05, 0.1) is 6.26 Å². The number of hydrogen-bond donors (Lipinski definition) is 1. The molecule has 5 heteroatoms. The number of ether oxygens (including phenoxy) is 1. The summed E-state index contributed by atoms with van der Waals surface area (Å²) in [5, 5.41) is 0. The summed E-state index contributed by atoms with van der Waals surface area (Å²) < 4.78 is 11.0. The average Bonchev–Trinajstić information content (AvgIpc) is 3.11. The minimum absolute atomic E-state index is 0.0276. The van der Waals surface area contributed by atoms with Crippen LogP contribution in [0.25, 0.3) is 0 Å². The van der Waals surface area contributed by atoms with E-state index in [2.05, 4.69) is 19.9 Å². The molecule has 1 aromatic heterocycles. The van der Waals surface area contributed by atoms with E-state index in [1.165, 1.54) is 25.7 Å². The van der Waals surface area contributed by atoms with Crippen molar-refractivity contribution in [2.75, 3.05) is 0 Å². The Balaban J connectivity index is 1.34. The van der Waals surface area contributed by atoms with Crippen LogP contribution in [0.4, 0.5) is 0 Å². The second-order valence-electron chi connectivity index (χ2n) is 11.4. The molecule has 0 radical (unpaired) electrons. The van der Waals surface area contributed by atoms with E-state index in [1.54, 1.807) is 24.8 Å². The van der Waals surface area contributed by atoms with Gasteiger partial charge in [-0.2, -0.15) is 0 Å². The zero-order valence-corrected chi connectivity index (χ0v) is 19.6. The van der Waals surface area contributed by atoms with Crippen molar-refractivity contribution in [3.63, 3.8) is 0 Å². The standard InChI is InChI=1S/C27H37NO4/c1-16(28)25(30)32-19-10-12-26(2)18(14-19)5-6-20-22-8-7-21(17-4-9-24(29)31-15-17)27(22,3)13-11-23(20)26/h4,8-9,15-16,18-21,23H,5-7,10-14,28H2,1-3H3/t16-,18+,19-,20-,21+,23-,26-,27+/m0/s1. The minimum Gasteiger partial charge on any atom is -0.461 e. The van der Waals surface area contributed by atoms with Crippen LogP contribution in [0.1, 0.15) is 83.6 Å². The Hall–Kier alpha value is -1.88. The number of fused-ring (bicyclic) bond motifs is 5. The van der Waals surface area contributed by atoms with Gasteiger partial charge in [-0.15, -0.1) is 0 Å². The van der Waals surface area contributed by atoms with Gasteiger partial charge >= 0.3 is 11.6 Å². The Kier molecular flexibility index (Phi) is 5.39. The summed E-state index contributed by atoms with van der Waals surface area (Å²) in [7, 11) is 0. The van der Waals surface area contributed by atoms with Crippen LogP contribution < -0.4 is 11.4 Å². The normalized spacial score (nSPS) is 41.6. The number of nitrogens with two attached hydrogens (primary N) is 1. The third-order valence-electron chi connectivity index (χ3n) is 9.80. The Morgan fingerprint density at radius 1 is 1.19 bits per heavy atom. The molecule has 174 valence electrons. The molecule has 3 fully saturated rings. The van der Waals surface area contributed by atoms with Gasteiger partial charge < -0.3 is 14.9 Å². The van der Waals surface area contributed by atoms with Gasteiger partial charge in [0.15, 0.2) is 0 Å². The van der Waals surface area contributed by atoms with Gasteiger partial charge in [0.25, 0.3) is 0 Å². The molecule has 0 aliphatic heterocycles. The van der Waals surface area contributed by atoms with Gasteiger partial charge in [0, 0.05) is 6.07 Å². The van der Waals surface area contributed by atoms with Crippen molar-refractivity contribution in [3.8, 4) is 0 Å². The molecule has 1 heterocycles. The molecular weight excluding hydrogens is 402 g/mol. The fraction of sp³-hybridized carbons (Fsp3) is 0.704. The van der Waals surface area contributed by atoms with E-state index in [0.717, 1.165) is 31.2 Å². The number of allylic oxidation sites excluding steroid dienone is 2. The molecule has 4 aliphatic carbocycles. The maximum absolute atomic E-state index is 12.0. The largest absolute Gasteiger partial charge is 0.461 e. The van der Waals surface area contributed by atoms with Crippen LogP contribution in [0.2, 0.25) is 0 Å². The molecule has 5 nitrogen and oxygen atoms in total. The molecule has 4 aliphatic rings. The Labute approximate surface area is 190 Å². The summed E-state index contributed by atoms with van der Waals surface area (Å²) in [4.78, 5) is 23.5. The summed E-state index contributed by atoms with van der Waals surface area (Å²) in [5.41, 5.74) is 8.75. The highest BCUT2D eigenvalue weighted by molar-refractivity contribution is 5.75. The molecule has 3 saturated carbocycles. The first-order chi connectivity index (χ1) is 15.2. The van der Waals surface area contributed by atoms with Gasteiger partial charge in [-0.25, -0.2) is 4.79 Å². The van der Waals surface area contributed by atoms with Crippen molar-refractivity contribution in [1.82, 2.24) is 0 Å². The third-order valence-corrected chi connectivity index (χ3v) is 9.80. The molecule has 8 atom stereocenters. The molecule has 0 amide bonds. The molecule has 0 aromatic carbocycles. The molecule has 0 unspecified atom stereocenters. The number of esters is 1. The minimum atomic E-state index is -0.546. The Morgan fingerprint density at radius 2 is 2.00 bits per heavy atom. The highest BCUT2D eigenvalue weighted by Crippen LogP contribution is 2.67. The lowest BCUT2D eigenvalue weighted by atomic mass is 9.46. The van der Waals surface area contributed by atoms with Gasteiger partial charge in [0.2, 0.25) is 0 Å². The van der Waals surface area contributed by atoms with Crippen molar-refractivity contribution in [1.29, 1.82) is 0 Å². The van der Waals surface area contributed by atoms with Crippen molar-refractivity contribution in [2.45, 2.75) is 90.2 Å². The molecule has 0 saturated heterocycles. The summed E-state index contributed by atoms with van der Waals surface area (Å²) >= 11 is 0. The SMILES string of the molecule is C[C@H](N)C(=O)O[C@H]1CC[C@@]2(C)[C@H](CC[C@H]3C4=CC[C@H](c5ccc(=O)oc5)[C@@]4(C)CC[C@@H]32)C1. The molecule has 0 spiro atoms. The number of carbonyl (C=O) groups is 1. The summed E-state index contributed by atoms with van der Waals surface area (Å²) in [6.07, 6.45) is 13.2. The van der Waals surface area contributed by atoms with Gasteiger partial charge in [-0.1, -0.05) is 25.5 Å². The maximum Gasteiger partial charge on any atom is 0.335 e. The monoisotopic (exact) mass is 439 g/mol. The van der Waals surface area contributed by atoms with Crippen LogP contribution in [0.5, 0.6) is 0 Å². The highest BCUT2D eigenvalue weighted by atomic mass is 16.5. The van der Waals surface area contributed by atoms with E-state index in [4.69, 9.17) is 14.9 Å². The van der Waals surface area contributed by atoms with E-state index < -0.39 is 6.04 Å². The van der Waals surface area contributed by atoms with Crippen molar-refractivity contribution in [2.24, 2.45) is 34.3 Å². The smallest absolute Gasteiger partial charge is 0.335 e. The van der Waals surface area contributed by atoms with E-state index in [-0.39, 0.29) is 23.1 Å². The summed E-state index contributed by atoms with van der Waals surface area (Å²) in [6, 6.07) is 2.98. The molecular formula is C27H37NO4. The second-order valence-corrected chi connectivity index (χ2v) is 11.4. The van der Waals surface area contributed by atoms with Gasteiger partial charge in [-0.3, -0.25) is 4.79 Å². The van der Waals surface area contributed by atoms with E-state index in [0.29, 0.717) is 29.1 Å². The number of rotatable bonds is 3. The fourth-order valence-electron chi connectivity index (χ4n) is 8.00. The van der Waals surface area contributed by atoms with Crippen molar-refractivity contribution >= 4 is 5.97 Å². The van der Waals surface area contributed by atoms with Crippen molar-refractivity contribution < 1.29 is 13.9 Å². The zero-order chi connectivity index (χ0) is 22.7. The molecule has 32 heavy (non-hydrogen) atoms. The Morgan fingerprint density at radius 3 is 2.72 bits per heavy atom. The van der Waals surface area contributed by atoms with E-state index in [9.17, 15) is 9.59 Å². The molecule has 1 aromatic rings. The first kappa shape index (κ1) is 21.9. The van der Waals surface area contributed by atoms with Crippen LogP contribution in [-0.2, 0) is 9.53 Å². The summed E-state index contributed by atoms with van der Waals surface area (Å²) in [6.45, 7) is 6.65. The topological polar surface area (TPSA) is 82.5 Å². The number of carbonyl (C=O) groups excluding carboxylic acids is 1. The molecule has 0 bridgehead atoms. The van der Waals surface area contributed by atoms with Crippen LogP contribution >= 0.6 is 0 Å². The summed E-state index contributed by atoms with van der Waals surface area (Å²) in [5.74, 6) is 2.12. The average molecular weight is 440 g/mol. The van der Waals surface area contributed by atoms with Crippen LogP contribution in [-0.4, -0.2) is 18.1 Å². The Bertz CT molecular complexity index is 960. The van der Waals surface area contributed by atoms with Gasteiger partial charge in [0.1, 0.15) is 12.1 Å².